The third-order valence-electron chi connectivity index (χ3n) is 16.7. The van der Waals surface area contributed by atoms with Crippen molar-refractivity contribution in [2.45, 2.75) is 364 Å². The van der Waals surface area contributed by atoms with E-state index in [9.17, 15) is 45.6 Å². The SMILES string of the molecule is CCCCCCC/C=C\C/C=C\CCCCCCCCCCCCCCCCCCCCCCCCCCCC(=O)NC(COC1OC(CO)C(OC2OC(CO)C(O)C(O)C2O)C(O)C1O)C(O)/C=C/CC/C=C/CCCCCCCC. The Morgan fingerprint density at radius 3 is 1.25 bits per heavy atom. The minimum atomic E-state index is -1.79. The highest BCUT2D eigenvalue weighted by Gasteiger charge is 2.51. The van der Waals surface area contributed by atoms with Crippen molar-refractivity contribution in [3.05, 3.63) is 48.6 Å². The Hall–Kier alpha value is -2.05. The average Bonchev–Trinajstić information content (AvgIpc) is 3.58. The number of amides is 1. The Bertz CT molecular complexity index is 1580. The van der Waals surface area contributed by atoms with E-state index in [2.05, 4.69) is 55.6 Å². The molecule has 2 rings (SSSR count). The first-order valence-corrected chi connectivity index (χ1v) is 34.4. The molecule has 0 saturated carbocycles. The lowest BCUT2D eigenvalue weighted by Crippen LogP contribution is -2.65. The van der Waals surface area contributed by atoms with Gasteiger partial charge in [-0.15, -0.1) is 0 Å². The second-order valence-corrected chi connectivity index (χ2v) is 24.3. The normalized spacial score (nSPS) is 24.1. The number of hydrogen-bond acceptors (Lipinski definition) is 13. The van der Waals surface area contributed by atoms with Gasteiger partial charge in [0.05, 0.1) is 32.0 Å². The molecule has 486 valence electrons. The zero-order valence-electron chi connectivity index (χ0n) is 52.7. The second kappa shape index (κ2) is 54.1. The van der Waals surface area contributed by atoms with Crippen LogP contribution in [0.3, 0.4) is 0 Å². The molecule has 2 aliphatic heterocycles. The van der Waals surface area contributed by atoms with E-state index >= 15 is 0 Å². The molecule has 0 bridgehead atoms. The molecule has 2 heterocycles. The van der Waals surface area contributed by atoms with Crippen molar-refractivity contribution in [1.29, 1.82) is 0 Å². The van der Waals surface area contributed by atoms with Crippen LogP contribution >= 0.6 is 0 Å². The number of nitrogens with one attached hydrogen (secondary N) is 1. The highest BCUT2D eigenvalue weighted by Crippen LogP contribution is 2.30. The molecule has 0 aromatic heterocycles. The largest absolute Gasteiger partial charge is 0.394 e. The predicted molar refractivity (Wildman–Crippen MR) is 337 cm³/mol. The number of carbonyl (C=O) groups is 1. The van der Waals surface area contributed by atoms with Gasteiger partial charge in [0.25, 0.3) is 0 Å². The van der Waals surface area contributed by atoms with Crippen molar-refractivity contribution in [2.24, 2.45) is 0 Å². The molecular weight excluding hydrogens is 1050 g/mol. The zero-order valence-corrected chi connectivity index (χ0v) is 52.7. The lowest BCUT2D eigenvalue weighted by molar-refractivity contribution is -0.359. The Kier molecular flexibility index (Phi) is 50.2. The molecular formula is C69H127NO13. The third-order valence-corrected chi connectivity index (χ3v) is 16.7. The Morgan fingerprint density at radius 2 is 0.807 bits per heavy atom. The van der Waals surface area contributed by atoms with Gasteiger partial charge >= 0.3 is 0 Å². The van der Waals surface area contributed by atoms with Gasteiger partial charge in [-0.25, -0.2) is 0 Å². The van der Waals surface area contributed by atoms with Crippen molar-refractivity contribution >= 4 is 5.91 Å². The van der Waals surface area contributed by atoms with Crippen molar-refractivity contribution in [1.82, 2.24) is 5.32 Å². The molecule has 0 aromatic carbocycles. The molecule has 2 fully saturated rings. The van der Waals surface area contributed by atoms with Gasteiger partial charge in [0.1, 0.15) is 48.8 Å². The number of hydrogen-bond donors (Lipinski definition) is 9. The minimum absolute atomic E-state index is 0.246. The van der Waals surface area contributed by atoms with E-state index in [0.29, 0.717) is 12.8 Å². The first-order chi connectivity index (χ1) is 40.6. The number of unbranched alkanes of at least 4 members (excludes halogenated alkanes) is 37. The lowest BCUT2D eigenvalue weighted by atomic mass is 9.97. The Morgan fingerprint density at radius 1 is 0.434 bits per heavy atom. The van der Waals surface area contributed by atoms with Crippen LogP contribution in [0.1, 0.15) is 290 Å². The van der Waals surface area contributed by atoms with Crippen LogP contribution < -0.4 is 5.32 Å². The lowest BCUT2D eigenvalue weighted by Gasteiger charge is -2.46. The molecule has 12 atom stereocenters. The van der Waals surface area contributed by atoms with E-state index in [-0.39, 0.29) is 18.9 Å². The number of carbonyl (C=O) groups excluding carboxylic acids is 1. The van der Waals surface area contributed by atoms with E-state index in [1.807, 2.05) is 6.08 Å². The Labute approximate surface area is 505 Å². The van der Waals surface area contributed by atoms with Crippen LogP contribution in [-0.4, -0.2) is 140 Å². The van der Waals surface area contributed by atoms with Gasteiger partial charge in [0.15, 0.2) is 12.6 Å². The van der Waals surface area contributed by atoms with Gasteiger partial charge in [-0.2, -0.15) is 0 Å². The van der Waals surface area contributed by atoms with Gasteiger partial charge in [-0.1, -0.05) is 268 Å². The van der Waals surface area contributed by atoms with Crippen LogP contribution in [0.15, 0.2) is 48.6 Å². The molecule has 9 N–H and O–H groups in total. The van der Waals surface area contributed by atoms with E-state index in [0.717, 1.165) is 38.5 Å². The summed E-state index contributed by atoms with van der Waals surface area (Å²) in [6, 6.07) is -0.929. The van der Waals surface area contributed by atoms with Crippen LogP contribution in [0.2, 0.25) is 0 Å². The van der Waals surface area contributed by atoms with Gasteiger partial charge in [-0.3, -0.25) is 4.79 Å². The first kappa shape index (κ1) is 77.0. The fourth-order valence-electron chi connectivity index (χ4n) is 11.2. The summed E-state index contributed by atoms with van der Waals surface area (Å²) in [5.41, 5.74) is 0. The molecule has 2 saturated heterocycles. The molecule has 2 aliphatic rings. The summed E-state index contributed by atoms with van der Waals surface area (Å²) in [6.45, 7) is 2.77. The second-order valence-electron chi connectivity index (χ2n) is 24.3. The fourth-order valence-corrected chi connectivity index (χ4v) is 11.2. The van der Waals surface area contributed by atoms with Crippen LogP contribution in [0.5, 0.6) is 0 Å². The number of aliphatic hydroxyl groups excluding tert-OH is 8. The molecule has 0 aromatic rings. The first-order valence-electron chi connectivity index (χ1n) is 34.4. The van der Waals surface area contributed by atoms with Crippen molar-refractivity contribution in [2.75, 3.05) is 19.8 Å². The van der Waals surface area contributed by atoms with Gasteiger partial charge in [0, 0.05) is 6.42 Å². The van der Waals surface area contributed by atoms with Crippen LogP contribution in [0, 0.1) is 0 Å². The van der Waals surface area contributed by atoms with Crippen molar-refractivity contribution in [3.63, 3.8) is 0 Å². The summed E-state index contributed by atoms with van der Waals surface area (Å²) in [5, 5.41) is 87.1. The van der Waals surface area contributed by atoms with E-state index < -0.39 is 86.8 Å². The summed E-state index contributed by atoms with van der Waals surface area (Å²) in [7, 11) is 0. The van der Waals surface area contributed by atoms with E-state index in [4.69, 9.17) is 18.9 Å². The molecule has 83 heavy (non-hydrogen) atoms. The molecule has 14 heteroatoms. The molecule has 12 unspecified atom stereocenters. The van der Waals surface area contributed by atoms with Gasteiger partial charge in [0.2, 0.25) is 5.91 Å². The summed E-state index contributed by atoms with van der Waals surface area (Å²) in [5.74, 6) is -0.246. The highest BCUT2D eigenvalue weighted by molar-refractivity contribution is 5.76. The van der Waals surface area contributed by atoms with Gasteiger partial charge < -0.3 is 65.1 Å². The standard InChI is InChI=1S/C69H127NO13/c1-3-5-7-9-11-13-15-17-18-19-20-21-22-23-24-25-26-27-28-29-30-31-32-33-34-35-36-37-38-39-40-41-43-45-47-49-51-53-61(74)70-57(58(73)52-50-48-46-44-42-16-14-12-10-8-6-4-2)56-80-68-66(79)64(77)67(60(55-72)82-68)83-69-65(78)63(76)62(75)59(54-71)81-69/h15,17,19-20,42,44,50,52,57-60,62-69,71-73,75-79H,3-14,16,18,21-41,43,45-49,51,53-56H2,1-2H3,(H,70,74)/b17-15-,20-19-,44-42+,52-50+. The minimum Gasteiger partial charge on any atom is -0.394 e. The summed E-state index contributed by atoms with van der Waals surface area (Å²) < 4.78 is 22.8. The van der Waals surface area contributed by atoms with E-state index in [1.165, 1.54) is 218 Å². The number of rotatable bonds is 56. The zero-order chi connectivity index (χ0) is 60.2. The van der Waals surface area contributed by atoms with Crippen molar-refractivity contribution < 1.29 is 64.6 Å². The average molecular weight is 1180 g/mol. The van der Waals surface area contributed by atoms with Crippen molar-refractivity contribution in [3.8, 4) is 0 Å². The van der Waals surface area contributed by atoms with Crippen LogP contribution in [-0.2, 0) is 23.7 Å². The summed E-state index contributed by atoms with van der Waals surface area (Å²) >= 11 is 0. The maximum atomic E-state index is 13.3. The predicted octanol–water partition coefficient (Wildman–Crippen LogP) is 13.5. The third kappa shape index (κ3) is 38.8. The smallest absolute Gasteiger partial charge is 0.220 e. The Balaban J connectivity index is 1.56. The quantitative estimate of drug-likeness (QED) is 0.0204. The fraction of sp³-hybridized carbons (Fsp3) is 0.870. The molecule has 0 spiro atoms. The summed E-state index contributed by atoms with van der Waals surface area (Å²) in [4.78, 5) is 13.3. The molecule has 0 radical (unpaired) electrons. The molecule has 14 nitrogen and oxygen atoms in total. The van der Waals surface area contributed by atoms with Crippen LogP contribution in [0.4, 0.5) is 0 Å². The monoisotopic (exact) mass is 1180 g/mol. The maximum absolute atomic E-state index is 13.3. The topological polar surface area (TPSA) is 228 Å². The van der Waals surface area contributed by atoms with Gasteiger partial charge in [-0.05, 0) is 64.2 Å². The van der Waals surface area contributed by atoms with Crippen LogP contribution in [0.25, 0.3) is 0 Å². The number of allylic oxidation sites excluding steroid dienone is 7. The number of ether oxygens (including phenoxy) is 4. The maximum Gasteiger partial charge on any atom is 0.220 e. The molecule has 0 aliphatic carbocycles. The number of aliphatic hydroxyl groups is 8. The van der Waals surface area contributed by atoms with E-state index in [1.54, 1.807) is 6.08 Å². The highest BCUT2D eigenvalue weighted by atomic mass is 16.7. The molecule has 1 amide bonds. The summed E-state index contributed by atoms with van der Waals surface area (Å²) in [6.07, 6.45) is 53.5.